The molecule has 0 aliphatic heterocycles. The van der Waals surface area contributed by atoms with Gasteiger partial charge in [-0.25, -0.2) is 0 Å². The van der Waals surface area contributed by atoms with E-state index in [1.165, 1.54) is 31.4 Å². The van der Waals surface area contributed by atoms with Crippen molar-refractivity contribution in [3.8, 4) is 17.2 Å². The largest absolute Gasteiger partial charge is 0.506 e. The van der Waals surface area contributed by atoms with Gasteiger partial charge in [-0.2, -0.15) is 0 Å². The fourth-order valence-electron chi connectivity index (χ4n) is 1.41. The number of nitrogens with zero attached hydrogens (tertiary/aromatic N) is 1. The minimum absolute atomic E-state index is 0.0187. The Hall–Kier alpha value is -2.27. The average molecular weight is 279 g/mol. The summed E-state index contributed by atoms with van der Waals surface area (Å²) in [5, 5.41) is 12.0. The SMILES string of the molecule is CNC(=O)c1cc(Oc2ccc(O)c(Cl)c2)ccn1. The Labute approximate surface area is 114 Å². The number of phenolic OH excluding ortho intramolecular Hbond substituents is 1. The van der Waals surface area contributed by atoms with Crippen LogP contribution in [0.5, 0.6) is 17.2 Å². The Morgan fingerprint density at radius 2 is 2.05 bits per heavy atom. The second-order valence-corrected chi connectivity index (χ2v) is 4.08. The number of carbonyl (C=O) groups is 1. The van der Waals surface area contributed by atoms with E-state index in [0.29, 0.717) is 11.5 Å². The molecule has 98 valence electrons. The molecule has 0 aliphatic rings. The van der Waals surface area contributed by atoms with Gasteiger partial charge in [0.25, 0.3) is 5.91 Å². The highest BCUT2D eigenvalue weighted by Gasteiger charge is 2.07. The van der Waals surface area contributed by atoms with E-state index >= 15 is 0 Å². The van der Waals surface area contributed by atoms with Crippen LogP contribution in [0.3, 0.4) is 0 Å². The van der Waals surface area contributed by atoms with Crippen LogP contribution in [0.15, 0.2) is 36.5 Å². The molecule has 2 rings (SSSR count). The summed E-state index contributed by atoms with van der Waals surface area (Å²) in [4.78, 5) is 15.4. The highest BCUT2D eigenvalue weighted by molar-refractivity contribution is 6.32. The van der Waals surface area contributed by atoms with Crippen molar-refractivity contribution in [1.29, 1.82) is 0 Å². The summed E-state index contributed by atoms with van der Waals surface area (Å²) < 4.78 is 5.53. The lowest BCUT2D eigenvalue weighted by molar-refractivity contribution is 0.0958. The molecular weight excluding hydrogens is 268 g/mol. The fraction of sp³-hybridized carbons (Fsp3) is 0.0769. The molecule has 0 fully saturated rings. The number of carbonyl (C=O) groups excluding carboxylic acids is 1. The fourth-order valence-corrected chi connectivity index (χ4v) is 1.58. The van der Waals surface area contributed by atoms with Crippen LogP contribution in [-0.2, 0) is 0 Å². The molecule has 1 amide bonds. The van der Waals surface area contributed by atoms with Gasteiger partial charge in [0.15, 0.2) is 0 Å². The second-order valence-electron chi connectivity index (χ2n) is 3.67. The number of hydrogen-bond acceptors (Lipinski definition) is 4. The zero-order chi connectivity index (χ0) is 13.8. The van der Waals surface area contributed by atoms with E-state index in [0.717, 1.165) is 0 Å². The van der Waals surface area contributed by atoms with Crippen molar-refractivity contribution >= 4 is 17.5 Å². The van der Waals surface area contributed by atoms with Crippen molar-refractivity contribution in [3.63, 3.8) is 0 Å². The summed E-state index contributed by atoms with van der Waals surface area (Å²) in [5.74, 6) is 0.594. The van der Waals surface area contributed by atoms with Crippen molar-refractivity contribution < 1.29 is 14.6 Å². The maximum atomic E-state index is 11.4. The molecule has 0 bridgehead atoms. The third kappa shape index (κ3) is 3.14. The number of rotatable bonds is 3. The van der Waals surface area contributed by atoms with Crippen molar-refractivity contribution in [1.82, 2.24) is 10.3 Å². The standard InChI is InChI=1S/C13H11ClN2O3/c1-15-13(18)11-7-9(4-5-16-11)19-8-2-3-12(17)10(14)6-8/h2-7,17H,1H3,(H,15,18). The van der Waals surface area contributed by atoms with Gasteiger partial charge in [0.1, 0.15) is 22.9 Å². The molecular formula is C13H11ClN2O3. The molecule has 1 aromatic carbocycles. The quantitative estimate of drug-likeness (QED) is 0.905. The number of halogens is 1. The molecule has 0 atom stereocenters. The van der Waals surface area contributed by atoms with Gasteiger partial charge in [-0.1, -0.05) is 11.6 Å². The number of amides is 1. The Bertz CT molecular complexity index is 617. The maximum absolute atomic E-state index is 11.4. The zero-order valence-corrected chi connectivity index (χ0v) is 10.8. The van der Waals surface area contributed by atoms with Gasteiger partial charge in [0, 0.05) is 25.4 Å². The average Bonchev–Trinajstić information content (AvgIpc) is 2.42. The minimum atomic E-state index is -0.297. The van der Waals surface area contributed by atoms with Crippen LogP contribution in [0.25, 0.3) is 0 Å². The van der Waals surface area contributed by atoms with Crippen molar-refractivity contribution in [2.75, 3.05) is 7.05 Å². The van der Waals surface area contributed by atoms with E-state index in [4.69, 9.17) is 16.3 Å². The predicted octanol–water partition coefficient (Wildman–Crippen LogP) is 2.59. The molecule has 19 heavy (non-hydrogen) atoms. The lowest BCUT2D eigenvalue weighted by Crippen LogP contribution is -2.18. The van der Waals surface area contributed by atoms with Gasteiger partial charge in [-0.05, 0) is 18.2 Å². The summed E-state index contributed by atoms with van der Waals surface area (Å²) in [6.45, 7) is 0. The Balaban J connectivity index is 2.23. The molecule has 0 aliphatic carbocycles. The first-order valence-corrected chi connectivity index (χ1v) is 5.82. The van der Waals surface area contributed by atoms with E-state index in [9.17, 15) is 9.90 Å². The van der Waals surface area contributed by atoms with Crippen LogP contribution in [0, 0.1) is 0 Å². The molecule has 2 N–H and O–H groups in total. The van der Waals surface area contributed by atoms with Gasteiger partial charge < -0.3 is 15.2 Å². The molecule has 0 radical (unpaired) electrons. The normalized spacial score (nSPS) is 10.0. The molecule has 2 aromatic rings. The highest BCUT2D eigenvalue weighted by Crippen LogP contribution is 2.30. The number of aromatic nitrogens is 1. The van der Waals surface area contributed by atoms with Crippen LogP contribution >= 0.6 is 11.6 Å². The van der Waals surface area contributed by atoms with E-state index in [-0.39, 0.29) is 22.4 Å². The summed E-state index contributed by atoms with van der Waals surface area (Å²) in [6, 6.07) is 7.61. The van der Waals surface area contributed by atoms with Crippen molar-refractivity contribution in [3.05, 3.63) is 47.2 Å². The third-order valence-corrected chi connectivity index (χ3v) is 2.65. The molecule has 0 spiro atoms. The summed E-state index contributed by atoms with van der Waals surface area (Å²) in [6.07, 6.45) is 1.47. The number of phenols is 1. The minimum Gasteiger partial charge on any atom is -0.506 e. The molecule has 5 nitrogen and oxygen atoms in total. The summed E-state index contributed by atoms with van der Waals surface area (Å²) in [7, 11) is 1.53. The molecule has 0 saturated heterocycles. The topological polar surface area (TPSA) is 71.5 Å². The Kier molecular flexibility index (Phi) is 3.87. The number of nitrogens with one attached hydrogen (secondary N) is 1. The van der Waals surface area contributed by atoms with Gasteiger partial charge >= 0.3 is 0 Å². The Morgan fingerprint density at radius 1 is 1.32 bits per heavy atom. The second kappa shape index (κ2) is 5.58. The Morgan fingerprint density at radius 3 is 2.74 bits per heavy atom. The number of hydrogen-bond donors (Lipinski definition) is 2. The van der Waals surface area contributed by atoms with E-state index in [2.05, 4.69) is 10.3 Å². The number of aromatic hydroxyl groups is 1. The first-order valence-electron chi connectivity index (χ1n) is 5.44. The first kappa shape index (κ1) is 13.2. The monoisotopic (exact) mass is 278 g/mol. The van der Waals surface area contributed by atoms with Gasteiger partial charge in [-0.15, -0.1) is 0 Å². The highest BCUT2D eigenvalue weighted by atomic mass is 35.5. The molecule has 1 heterocycles. The summed E-state index contributed by atoms with van der Waals surface area (Å²) >= 11 is 5.78. The zero-order valence-electron chi connectivity index (χ0n) is 10.1. The smallest absolute Gasteiger partial charge is 0.269 e. The maximum Gasteiger partial charge on any atom is 0.269 e. The lowest BCUT2D eigenvalue weighted by atomic mass is 10.3. The third-order valence-electron chi connectivity index (χ3n) is 2.35. The van der Waals surface area contributed by atoms with E-state index < -0.39 is 0 Å². The van der Waals surface area contributed by atoms with Crippen LogP contribution in [0.2, 0.25) is 5.02 Å². The van der Waals surface area contributed by atoms with Crippen LogP contribution < -0.4 is 10.1 Å². The first-order chi connectivity index (χ1) is 9.10. The summed E-state index contributed by atoms with van der Waals surface area (Å²) in [5.41, 5.74) is 0.255. The van der Waals surface area contributed by atoms with E-state index in [1.807, 2.05) is 0 Å². The number of ether oxygens (including phenoxy) is 1. The van der Waals surface area contributed by atoms with Crippen LogP contribution in [-0.4, -0.2) is 23.0 Å². The van der Waals surface area contributed by atoms with Crippen molar-refractivity contribution in [2.45, 2.75) is 0 Å². The number of pyridine rings is 1. The van der Waals surface area contributed by atoms with Gasteiger partial charge in [0.2, 0.25) is 0 Å². The molecule has 6 heteroatoms. The molecule has 0 saturated carbocycles. The van der Waals surface area contributed by atoms with Gasteiger partial charge in [0.05, 0.1) is 5.02 Å². The van der Waals surface area contributed by atoms with Gasteiger partial charge in [-0.3, -0.25) is 9.78 Å². The van der Waals surface area contributed by atoms with E-state index in [1.54, 1.807) is 12.1 Å². The van der Waals surface area contributed by atoms with Crippen LogP contribution in [0.4, 0.5) is 0 Å². The van der Waals surface area contributed by atoms with Crippen LogP contribution in [0.1, 0.15) is 10.5 Å². The molecule has 0 unspecified atom stereocenters. The predicted molar refractivity (Wildman–Crippen MR) is 70.8 cm³/mol. The van der Waals surface area contributed by atoms with Crippen molar-refractivity contribution in [2.24, 2.45) is 0 Å². The number of benzene rings is 1. The lowest BCUT2D eigenvalue weighted by Gasteiger charge is -2.07. The molecule has 1 aromatic heterocycles.